The standard InChI is InChI=1S/C6H9NO3/c1-4-7-5(3-10-4)6(8)9-2/h5H,3H2,1-2H3/t5-/m1/s1. The summed E-state index contributed by atoms with van der Waals surface area (Å²) in [4.78, 5) is 14.6. The highest BCUT2D eigenvalue weighted by Crippen LogP contribution is 2.04. The second-order valence-corrected chi connectivity index (χ2v) is 2.00. The smallest absolute Gasteiger partial charge is 0.334 e. The molecule has 0 fully saturated rings. The first-order chi connectivity index (χ1) is 4.74. The fourth-order valence-corrected chi connectivity index (χ4v) is 0.750. The van der Waals surface area contributed by atoms with Gasteiger partial charge in [0.2, 0.25) is 0 Å². The van der Waals surface area contributed by atoms with Gasteiger partial charge >= 0.3 is 5.97 Å². The molecule has 0 N–H and O–H groups in total. The molecule has 0 radical (unpaired) electrons. The molecule has 10 heavy (non-hydrogen) atoms. The third kappa shape index (κ3) is 1.26. The minimum atomic E-state index is -0.440. The van der Waals surface area contributed by atoms with Crippen molar-refractivity contribution in [1.29, 1.82) is 0 Å². The van der Waals surface area contributed by atoms with Gasteiger partial charge in [0.25, 0.3) is 0 Å². The number of carbonyl (C=O) groups is 1. The minimum absolute atomic E-state index is 0.318. The molecule has 1 rings (SSSR count). The second-order valence-electron chi connectivity index (χ2n) is 2.00. The average molecular weight is 143 g/mol. The van der Waals surface area contributed by atoms with Crippen LogP contribution in [-0.2, 0) is 14.3 Å². The van der Waals surface area contributed by atoms with Gasteiger partial charge in [-0.3, -0.25) is 0 Å². The van der Waals surface area contributed by atoms with E-state index in [0.29, 0.717) is 12.5 Å². The maximum atomic E-state index is 10.8. The molecule has 0 spiro atoms. The van der Waals surface area contributed by atoms with Crippen LogP contribution in [0.1, 0.15) is 6.92 Å². The second kappa shape index (κ2) is 2.68. The summed E-state index contributed by atoms with van der Waals surface area (Å²) >= 11 is 0. The van der Waals surface area contributed by atoms with Crippen molar-refractivity contribution in [3.8, 4) is 0 Å². The van der Waals surface area contributed by atoms with Crippen molar-refractivity contribution in [2.45, 2.75) is 13.0 Å². The number of esters is 1. The Morgan fingerprint density at radius 1 is 1.90 bits per heavy atom. The number of hydrogen-bond acceptors (Lipinski definition) is 4. The van der Waals surface area contributed by atoms with Gasteiger partial charge in [0.1, 0.15) is 6.61 Å². The van der Waals surface area contributed by atoms with E-state index in [1.165, 1.54) is 7.11 Å². The summed E-state index contributed by atoms with van der Waals surface area (Å²) in [5.41, 5.74) is 0. The number of hydrogen-bond donors (Lipinski definition) is 0. The van der Waals surface area contributed by atoms with Crippen molar-refractivity contribution in [3.63, 3.8) is 0 Å². The van der Waals surface area contributed by atoms with Crippen LogP contribution in [0.15, 0.2) is 4.99 Å². The number of rotatable bonds is 1. The molecule has 1 aliphatic rings. The van der Waals surface area contributed by atoms with Crippen LogP contribution >= 0.6 is 0 Å². The first-order valence-corrected chi connectivity index (χ1v) is 2.99. The van der Waals surface area contributed by atoms with Gasteiger partial charge in [0, 0.05) is 6.92 Å². The van der Waals surface area contributed by atoms with Crippen LogP contribution in [0.4, 0.5) is 0 Å². The van der Waals surface area contributed by atoms with Crippen molar-refractivity contribution in [2.24, 2.45) is 4.99 Å². The van der Waals surface area contributed by atoms with Crippen LogP contribution in [0.25, 0.3) is 0 Å². The van der Waals surface area contributed by atoms with E-state index >= 15 is 0 Å². The topological polar surface area (TPSA) is 47.9 Å². The quantitative estimate of drug-likeness (QED) is 0.484. The van der Waals surface area contributed by atoms with Gasteiger partial charge in [-0.15, -0.1) is 0 Å². The Bertz CT molecular complexity index is 176. The van der Waals surface area contributed by atoms with Crippen molar-refractivity contribution in [2.75, 3.05) is 13.7 Å². The van der Waals surface area contributed by atoms with Crippen LogP contribution < -0.4 is 0 Å². The molecule has 1 aliphatic heterocycles. The fraction of sp³-hybridized carbons (Fsp3) is 0.667. The maximum absolute atomic E-state index is 10.8. The van der Waals surface area contributed by atoms with Gasteiger partial charge in [-0.25, -0.2) is 9.79 Å². The molecule has 56 valence electrons. The zero-order valence-electron chi connectivity index (χ0n) is 5.96. The summed E-state index contributed by atoms with van der Waals surface area (Å²) in [7, 11) is 1.34. The number of aliphatic imine (C=N–C) groups is 1. The predicted molar refractivity (Wildman–Crippen MR) is 34.9 cm³/mol. The third-order valence-corrected chi connectivity index (χ3v) is 1.26. The number of nitrogens with zero attached hydrogens (tertiary/aromatic N) is 1. The van der Waals surface area contributed by atoms with E-state index < -0.39 is 6.04 Å². The number of methoxy groups -OCH3 is 1. The summed E-state index contributed by atoms with van der Waals surface area (Å²) in [5, 5.41) is 0. The normalized spacial score (nSPS) is 23.4. The van der Waals surface area contributed by atoms with E-state index in [1.54, 1.807) is 6.92 Å². The van der Waals surface area contributed by atoms with Crippen LogP contribution in [0, 0.1) is 0 Å². The van der Waals surface area contributed by atoms with E-state index in [2.05, 4.69) is 9.73 Å². The Morgan fingerprint density at radius 2 is 2.60 bits per heavy atom. The summed E-state index contributed by atoms with van der Waals surface area (Å²) in [6.07, 6.45) is 0. The van der Waals surface area contributed by atoms with Crippen molar-refractivity contribution >= 4 is 11.9 Å². The third-order valence-electron chi connectivity index (χ3n) is 1.26. The predicted octanol–water partition coefficient (Wildman–Crippen LogP) is -0.0234. The van der Waals surface area contributed by atoms with E-state index in [4.69, 9.17) is 4.74 Å². The lowest BCUT2D eigenvalue weighted by molar-refractivity contribution is -0.142. The highest BCUT2D eigenvalue weighted by Gasteiger charge is 2.23. The molecule has 4 nitrogen and oxygen atoms in total. The van der Waals surface area contributed by atoms with E-state index in [9.17, 15) is 4.79 Å². The molecule has 0 aromatic rings. The van der Waals surface area contributed by atoms with Crippen LogP contribution in [0.3, 0.4) is 0 Å². The Kier molecular flexibility index (Phi) is 1.89. The Balaban J connectivity index is 2.52. The molecular formula is C6H9NO3. The lowest BCUT2D eigenvalue weighted by atomic mass is 10.3. The van der Waals surface area contributed by atoms with E-state index in [1.807, 2.05) is 0 Å². The maximum Gasteiger partial charge on any atom is 0.334 e. The Labute approximate surface area is 58.8 Å². The van der Waals surface area contributed by atoms with Gasteiger partial charge in [0.15, 0.2) is 11.9 Å². The van der Waals surface area contributed by atoms with E-state index in [0.717, 1.165) is 0 Å². The minimum Gasteiger partial charge on any atom is -0.478 e. The molecule has 0 amide bonds. The average Bonchev–Trinajstić information content (AvgIpc) is 2.34. The molecule has 1 atom stereocenters. The van der Waals surface area contributed by atoms with Gasteiger partial charge < -0.3 is 9.47 Å². The lowest BCUT2D eigenvalue weighted by Gasteiger charge is -1.99. The summed E-state index contributed by atoms with van der Waals surface area (Å²) in [5.74, 6) is 0.215. The first-order valence-electron chi connectivity index (χ1n) is 2.99. The molecule has 0 bridgehead atoms. The monoisotopic (exact) mass is 143 g/mol. The van der Waals surface area contributed by atoms with E-state index in [-0.39, 0.29) is 5.97 Å². The zero-order chi connectivity index (χ0) is 7.56. The van der Waals surface area contributed by atoms with Gasteiger partial charge in [-0.1, -0.05) is 0 Å². The molecule has 0 saturated carbocycles. The summed E-state index contributed by atoms with van der Waals surface area (Å²) in [6.45, 7) is 2.03. The number of carbonyl (C=O) groups excluding carboxylic acids is 1. The summed E-state index contributed by atoms with van der Waals surface area (Å²) < 4.78 is 9.39. The molecule has 0 saturated heterocycles. The van der Waals surface area contributed by atoms with Gasteiger partial charge in [0.05, 0.1) is 7.11 Å². The van der Waals surface area contributed by atoms with Crippen molar-refractivity contribution < 1.29 is 14.3 Å². The highest BCUT2D eigenvalue weighted by atomic mass is 16.5. The molecule has 0 aromatic heterocycles. The molecule has 4 heteroatoms. The Morgan fingerprint density at radius 3 is 3.00 bits per heavy atom. The van der Waals surface area contributed by atoms with Crippen LogP contribution in [0.2, 0.25) is 0 Å². The van der Waals surface area contributed by atoms with Gasteiger partial charge in [-0.2, -0.15) is 0 Å². The molecule has 0 aromatic carbocycles. The zero-order valence-corrected chi connectivity index (χ0v) is 5.96. The number of ether oxygens (including phenoxy) is 2. The first kappa shape index (κ1) is 7.05. The highest BCUT2D eigenvalue weighted by molar-refractivity contribution is 5.84. The molecule has 0 unspecified atom stereocenters. The SMILES string of the molecule is COC(=O)[C@H]1COC(C)=N1. The van der Waals surface area contributed by atoms with Gasteiger partial charge in [-0.05, 0) is 0 Å². The molecule has 0 aliphatic carbocycles. The Hall–Kier alpha value is -1.06. The largest absolute Gasteiger partial charge is 0.478 e. The van der Waals surface area contributed by atoms with Crippen molar-refractivity contribution in [1.82, 2.24) is 0 Å². The summed E-state index contributed by atoms with van der Waals surface area (Å²) in [6, 6.07) is -0.440. The van der Waals surface area contributed by atoms with Crippen molar-refractivity contribution in [3.05, 3.63) is 0 Å². The fourth-order valence-electron chi connectivity index (χ4n) is 0.750. The molecule has 1 heterocycles. The van der Waals surface area contributed by atoms with Crippen LogP contribution in [0.5, 0.6) is 0 Å². The molecular weight excluding hydrogens is 134 g/mol. The lowest BCUT2D eigenvalue weighted by Crippen LogP contribution is -2.21. The van der Waals surface area contributed by atoms with Crippen LogP contribution in [-0.4, -0.2) is 31.6 Å².